The standard InChI is InChI=1S/C29H28ClN5O7/c1-40-27(38)31-19-7-4-17(5-8-19)25(36)32-24(14-20-13-23(34-42-20)16-2-3-16)26(37)35-11-10-29(15-35)21-12-18(30)6-9-22(21)33-28(39)41-29/h4-9,12-13,16,24H,2-3,10-11,14-15H2,1H3,(H,31,38)(H,32,36)(H,33,39)/t24-,29-/m0/s1. The number of likely N-dealkylation sites (tertiary alicyclic amines) is 1. The summed E-state index contributed by atoms with van der Waals surface area (Å²) in [5, 5.41) is 12.7. The zero-order chi connectivity index (χ0) is 29.4. The van der Waals surface area contributed by atoms with Gasteiger partial charge in [-0.05, 0) is 55.3 Å². The average Bonchev–Trinajstić information content (AvgIpc) is 3.58. The number of nitrogens with zero attached hydrogens (tertiary/aromatic N) is 2. The van der Waals surface area contributed by atoms with Gasteiger partial charge in [0.05, 0.1) is 25.0 Å². The third-order valence-electron chi connectivity index (χ3n) is 7.70. The number of nitrogens with one attached hydrogen (secondary N) is 3. The predicted octanol–water partition coefficient (Wildman–Crippen LogP) is 4.41. The molecule has 13 heteroatoms. The smallest absolute Gasteiger partial charge is 0.412 e. The molecule has 3 aliphatic rings. The molecule has 1 saturated carbocycles. The number of carbonyl (C=O) groups excluding carboxylic acids is 4. The molecule has 42 heavy (non-hydrogen) atoms. The number of fused-ring (bicyclic) bond motifs is 2. The van der Waals surface area contributed by atoms with Gasteiger partial charge in [0.25, 0.3) is 5.91 Å². The second-order valence-electron chi connectivity index (χ2n) is 10.6. The molecule has 2 fully saturated rings. The maximum atomic E-state index is 14.0. The Hall–Kier alpha value is -4.58. The van der Waals surface area contributed by atoms with Gasteiger partial charge in [0.15, 0.2) is 5.60 Å². The van der Waals surface area contributed by atoms with Crippen LogP contribution in [0.1, 0.15) is 52.6 Å². The van der Waals surface area contributed by atoms with Crippen LogP contribution < -0.4 is 16.0 Å². The molecule has 4 amide bonds. The van der Waals surface area contributed by atoms with Crippen LogP contribution in [0.4, 0.5) is 21.0 Å². The van der Waals surface area contributed by atoms with E-state index in [1.807, 2.05) is 6.07 Å². The van der Waals surface area contributed by atoms with Crippen molar-refractivity contribution in [1.82, 2.24) is 15.4 Å². The molecular weight excluding hydrogens is 566 g/mol. The number of rotatable bonds is 7. The lowest BCUT2D eigenvalue weighted by atomic mass is 9.90. The first-order valence-corrected chi connectivity index (χ1v) is 13.9. The molecule has 1 aromatic heterocycles. The molecule has 0 bridgehead atoms. The number of benzene rings is 2. The fourth-order valence-corrected chi connectivity index (χ4v) is 5.55. The third-order valence-corrected chi connectivity index (χ3v) is 7.94. The van der Waals surface area contributed by atoms with E-state index in [2.05, 4.69) is 25.8 Å². The second kappa shape index (κ2) is 11.0. The quantitative estimate of drug-likeness (QED) is 0.364. The maximum Gasteiger partial charge on any atom is 0.412 e. The van der Waals surface area contributed by atoms with Gasteiger partial charge >= 0.3 is 12.2 Å². The summed E-state index contributed by atoms with van der Waals surface area (Å²) in [7, 11) is 1.25. The Morgan fingerprint density at radius 2 is 1.98 bits per heavy atom. The van der Waals surface area contributed by atoms with Crippen molar-refractivity contribution >= 4 is 47.0 Å². The van der Waals surface area contributed by atoms with E-state index in [0.717, 1.165) is 18.5 Å². The summed E-state index contributed by atoms with van der Waals surface area (Å²) in [5.41, 5.74) is 1.77. The summed E-state index contributed by atoms with van der Waals surface area (Å²) in [6.07, 6.45) is 1.29. The lowest BCUT2D eigenvalue weighted by Gasteiger charge is -2.35. The van der Waals surface area contributed by atoms with Gasteiger partial charge in [-0.2, -0.15) is 0 Å². The van der Waals surface area contributed by atoms with Gasteiger partial charge in [-0.1, -0.05) is 16.8 Å². The van der Waals surface area contributed by atoms with Crippen molar-refractivity contribution in [2.45, 2.75) is 43.2 Å². The molecule has 2 aliphatic heterocycles. The number of anilines is 2. The van der Waals surface area contributed by atoms with Crippen molar-refractivity contribution in [3.8, 4) is 0 Å². The van der Waals surface area contributed by atoms with Gasteiger partial charge in [-0.15, -0.1) is 0 Å². The van der Waals surface area contributed by atoms with Crippen LogP contribution in [-0.2, 0) is 26.3 Å². The van der Waals surface area contributed by atoms with Crippen LogP contribution in [0, 0.1) is 0 Å². The minimum Gasteiger partial charge on any atom is -0.453 e. The number of hydrogen-bond acceptors (Lipinski definition) is 8. The van der Waals surface area contributed by atoms with E-state index >= 15 is 0 Å². The van der Waals surface area contributed by atoms with Gasteiger partial charge in [0.2, 0.25) is 5.91 Å². The van der Waals surface area contributed by atoms with Crippen LogP contribution in [0.15, 0.2) is 53.1 Å². The summed E-state index contributed by atoms with van der Waals surface area (Å²) in [5.74, 6) is 0.00163. The summed E-state index contributed by atoms with van der Waals surface area (Å²) in [6, 6.07) is 12.1. The first-order chi connectivity index (χ1) is 20.2. The Kier molecular flexibility index (Phi) is 7.23. The fourth-order valence-electron chi connectivity index (χ4n) is 5.38. The van der Waals surface area contributed by atoms with E-state index in [1.54, 1.807) is 35.2 Å². The van der Waals surface area contributed by atoms with Gasteiger partial charge in [0, 0.05) is 53.2 Å². The number of aromatic nitrogens is 1. The average molecular weight is 594 g/mol. The number of hydrogen-bond donors (Lipinski definition) is 3. The molecule has 2 aromatic carbocycles. The van der Waals surface area contributed by atoms with Crippen LogP contribution >= 0.6 is 11.6 Å². The molecule has 3 N–H and O–H groups in total. The van der Waals surface area contributed by atoms with Gasteiger partial charge in [-0.25, -0.2) is 9.59 Å². The maximum absolute atomic E-state index is 14.0. The highest BCUT2D eigenvalue weighted by Gasteiger charge is 2.49. The van der Waals surface area contributed by atoms with Crippen LogP contribution in [-0.4, -0.2) is 60.3 Å². The minimum absolute atomic E-state index is 0.0829. The highest BCUT2D eigenvalue weighted by Crippen LogP contribution is 2.44. The number of amides is 4. The highest BCUT2D eigenvalue weighted by atomic mass is 35.5. The van der Waals surface area contributed by atoms with Crippen molar-refractivity contribution < 1.29 is 33.2 Å². The normalized spacial score (nSPS) is 19.9. The zero-order valence-electron chi connectivity index (χ0n) is 22.6. The molecule has 1 saturated heterocycles. The van der Waals surface area contributed by atoms with Gasteiger partial charge in [0.1, 0.15) is 11.8 Å². The van der Waals surface area contributed by atoms with E-state index in [1.165, 1.54) is 19.2 Å². The van der Waals surface area contributed by atoms with Crippen LogP contribution in [0.2, 0.25) is 5.02 Å². The van der Waals surface area contributed by atoms with Crippen molar-refractivity contribution in [1.29, 1.82) is 0 Å². The summed E-state index contributed by atoms with van der Waals surface area (Å²) >= 11 is 6.26. The number of ether oxygens (including phenoxy) is 2. The molecule has 0 unspecified atom stereocenters. The molecule has 2 atom stereocenters. The largest absolute Gasteiger partial charge is 0.453 e. The van der Waals surface area contributed by atoms with E-state index in [0.29, 0.717) is 46.6 Å². The lowest BCUT2D eigenvalue weighted by Crippen LogP contribution is -2.50. The molecule has 3 aromatic rings. The Balaban J connectivity index is 1.22. The van der Waals surface area contributed by atoms with Crippen molar-refractivity contribution in [3.63, 3.8) is 0 Å². The molecule has 1 spiro atoms. The van der Waals surface area contributed by atoms with E-state index < -0.39 is 29.7 Å². The molecule has 1 aliphatic carbocycles. The Morgan fingerprint density at radius 1 is 1.19 bits per heavy atom. The van der Waals surface area contributed by atoms with Gasteiger partial charge < -0.3 is 24.2 Å². The van der Waals surface area contributed by atoms with E-state index in [9.17, 15) is 19.2 Å². The molecule has 0 radical (unpaired) electrons. The predicted molar refractivity (Wildman–Crippen MR) is 150 cm³/mol. The van der Waals surface area contributed by atoms with Crippen LogP contribution in [0.5, 0.6) is 0 Å². The van der Waals surface area contributed by atoms with E-state index in [-0.39, 0.29) is 24.4 Å². The zero-order valence-corrected chi connectivity index (χ0v) is 23.4. The lowest BCUT2D eigenvalue weighted by molar-refractivity contribution is -0.133. The monoisotopic (exact) mass is 593 g/mol. The minimum atomic E-state index is -1.07. The third kappa shape index (κ3) is 5.62. The van der Waals surface area contributed by atoms with Crippen molar-refractivity contribution in [3.05, 3.63) is 76.1 Å². The van der Waals surface area contributed by atoms with E-state index in [4.69, 9.17) is 20.9 Å². The van der Waals surface area contributed by atoms with Crippen LogP contribution in [0.3, 0.4) is 0 Å². The molecule has 6 rings (SSSR count). The topological polar surface area (TPSA) is 152 Å². The number of halogens is 1. The summed E-state index contributed by atoms with van der Waals surface area (Å²) < 4.78 is 15.9. The van der Waals surface area contributed by atoms with Crippen molar-refractivity contribution in [2.24, 2.45) is 0 Å². The first kappa shape index (κ1) is 27.6. The first-order valence-electron chi connectivity index (χ1n) is 13.5. The molecule has 218 valence electrons. The Bertz CT molecular complexity index is 1550. The number of methoxy groups -OCH3 is 1. The Morgan fingerprint density at radius 3 is 2.71 bits per heavy atom. The molecule has 12 nitrogen and oxygen atoms in total. The Labute approximate surface area is 245 Å². The van der Waals surface area contributed by atoms with Crippen molar-refractivity contribution in [2.75, 3.05) is 30.8 Å². The second-order valence-corrected chi connectivity index (χ2v) is 11.1. The summed E-state index contributed by atoms with van der Waals surface area (Å²) in [4.78, 5) is 52.7. The summed E-state index contributed by atoms with van der Waals surface area (Å²) in [6.45, 7) is 0.388. The fraction of sp³-hybridized carbons (Fsp3) is 0.345. The van der Waals surface area contributed by atoms with Crippen LogP contribution in [0.25, 0.3) is 0 Å². The SMILES string of the molecule is COC(=O)Nc1ccc(C(=O)N[C@@H](Cc2cc(C3CC3)no2)C(=O)N2CC[C@@]3(C2)OC(=O)Nc2ccc(Cl)cc23)cc1. The molecular formula is C29H28ClN5O7. The highest BCUT2D eigenvalue weighted by molar-refractivity contribution is 6.30. The van der Waals surface area contributed by atoms with Gasteiger partial charge in [-0.3, -0.25) is 20.2 Å². The molecule has 3 heterocycles. The number of carbonyl (C=O) groups is 4.